The van der Waals surface area contributed by atoms with Crippen LogP contribution < -0.4 is 4.90 Å². The molecule has 0 radical (unpaired) electrons. The van der Waals surface area contributed by atoms with Crippen molar-refractivity contribution in [2.24, 2.45) is 0 Å². The third kappa shape index (κ3) is 3.37. The van der Waals surface area contributed by atoms with Crippen LogP contribution in [0.2, 0.25) is 0 Å². The van der Waals surface area contributed by atoms with Crippen LogP contribution in [0.25, 0.3) is 0 Å². The standard InChI is InChI=1S/C13H18F3N3/c1-10-3-4-17-12(9-10)19-7-5-18(6-8-19)11(2)13(14,15)16/h3-4,9,11H,5-8H2,1-2H3. The van der Waals surface area contributed by atoms with Crippen molar-refractivity contribution in [3.63, 3.8) is 0 Å². The van der Waals surface area contributed by atoms with E-state index >= 15 is 0 Å². The summed E-state index contributed by atoms with van der Waals surface area (Å²) < 4.78 is 37.9. The van der Waals surface area contributed by atoms with Crippen LogP contribution in [0.5, 0.6) is 0 Å². The third-order valence-corrected chi connectivity index (χ3v) is 3.56. The summed E-state index contributed by atoms with van der Waals surface area (Å²) in [5.41, 5.74) is 1.11. The van der Waals surface area contributed by atoms with Gasteiger partial charge >= 0.3 is 6.18 Å². The SMILES string of the molecule is Cc1ccnc(N2CCN(C(C)C(F)(F)F)CC2)c1. The Morgan fingerprint density at radius 1 is 1.21 bits per heavy atom. The number of halogens is 3. The summed E-state index contributed by atoms with van der Waals surface area (Å²) in [7, 11) is 0. The lowest BCUT2D eigenvalue weighted by Gasteiger charge is -2.39. The zero-order valence-corrected chi connectivity index (χ0v) is 11.1. The Bertz CT molecular complexity index is 425. The second-order valence-corrected chi connectivity index (χ2v) is 4.93. The van der Waals surface area contributed by atoms with E-state index in [1.165, 1.54) is 11.8 Å². The van der Waals surface area contributed by atoms with Crippen molar-refractivity contribution in [3.8, 4) is 0 Å². The molecule has 1 aliphatic rings. The number of aromatic nitrogens is 1. The van der Waals surface area contributed by atoms with Gasteiger partial charge in [0.2, 0.25) is 0 Å². The Morgan fingerprint density at radius 2 is 1.84 bits per heavy atom. The number of alkyl halides is 3. The highest BCUT2D eigenvalue weighted by Crippen LogP contribution is 2.26. The van der Waals surface area contributed by atoms with Crippen LogP contribution in [-0.2, 0) is 0 Å². The maximum absolute atomic E-state index is 12.6. The van der Waals surface area contributed by atoms with Gasteiger partial charge in [-0.25, -0.2) is 4.98 Å². The molecule has 1 atom stereocenters. The number of hydrogen-bond donors (Lipinski definition) is 0. The van der Waals surface area contributed by atoms with E-state index in [4.69, 9.17) is 0 Å². The average molecular weight is 273 g/mol. The molecular formula is C13H18F3N3. The zero-order chi connectivity index (χ0) is 14.0. The molecule has 0 N–H and O–H groups in total. The Hall–Kier alpha value is -1.30. The zero-order valence-electron chi connectivity index (χ0n) is 11.1. The van der Waals surface area contributed by atoms with Gasteiger partial charge < -0.3 is 4.90 Å². The van der Waals surface area contributed by atoms with E-state index in [0.717, 1.165) is 11.4 Å². The highest BCUT2D eigenvalue weighted by atomic mass is 19.4. The van der Waals surface area contributed by atoms with E-state index in [-0.39, 0.29) is 0 Å². The smallest absolute Gasteiger partial charge is 0.354 e. The van der Waals surface area contributed by atoms with Crippen molar-refractivity contribution in [2.75, 3.05) is 31.1 Å². The van der Waals surface area contributed by atoms with E-state index in [9.17, 15) is 13.2 Å². The average Bonchev–Trinajstić information content (AvgIpc) is 2.37. The molecule has 1 aliphatic heterocycles. The van der Waals surface area contributed by atoms with Gasteiger partial charge in [-0.15, -0.1) is 0 Å². The van der Waals surface area contributed by atoms with Gasteiger partial charge in [0.25, 0.3) is 0 Å². The number of piperazine rings is 1. The minimum absolute atomic E-state index is 0.413. The predicted octanol–water partition coefficient (Wildman–Crippen LogP) is 2.46. The number of anilines is 1. The van der Waals surface area contributed by atoms with Crippen molar-refractivity contribution in [3.05, 3.63) is 23.9 Å². The minimum Gasteiger partial charge on any atom is -0.354 e. The minimum atomic E-state index is -4.15. The largest absolute Gasteiger partial charge is 0.403 e. The first kappa shape index (κ1) is 14.1. The van der Waals surface area contributed by atoms with Gasteiger partial charge in [0.15, 0.2) is 0 Å². The first-order chi connectivity index (χ1) is 8.88. The lowest BCUT2D eigenvalue weighted by molar-refractivity contribution is -0.179. The van der Waals surface area contributed by atoms with Crippen LogP contribution in [-0.4, -0.2) is 48.3 Å². The number of nitrogens with zero attached hydrogens (tertiary/aromatic N) is 3. The summed E-state index contributed by atoms with van der Waals surface area (Å²) in [5, 5.41) is 0. The fraction of sp³-hybridized carbons (Fsp3) is 0.615. The Balaban J connectivity index is 1.96. The van der Waals surface area contributed by atoms with Crippen LogP contribution in [0.3, 0.4) is 0 Å². The molecule has 0 spiro atoms. The summed E-state index contributed by atoms with van der Waals surface area (Å²) in [6.07, 6.45) is -2.42. The molecule has 2 rings (SSSR count). The molecule has 1 saturated heterocycles. The van der Waals surface area contributed by atoms with Crippen molar-refractivity contribution >= 4 is 5.82 Å². The maximum Gasteiger partial charge on any atom is 0.403 e. The van der Waals surface area contributed by atoms with E-state index < -0.39 is 12.2 Å². The van der Waals surface area contributed by atoms with Crippen molar-refractivity contribution in [2.45, 2.75) is 26.1 Å². The fourth-order valence-electron chi connectivity index (χ4n) is 2.24. The molecule has 106 valence electrons. The summed E-state index contributed by atoms with van der Waals surface area (Å²) >= 11 is 0. The molecule has 0 bridgehead atoms. The molecule has 6 heteroatoms. The summed E-state index contributed by atoms with van der Waals surface area (Å²) in [6.45, 7) is 5.19. The Kier molecular flexibility index (Phi) is 3.99. The summed E-state index contributed by atoms with van der Waals surface area (Å²) in [6, 6.07) is 2.49. The second kappa shape index (κ2) is 5.36. The van der Waals surface area contributed by atoms with E-state index in [1.807, 2.05) is 24.0 Å². The van der Waals surface area contributed by atoms with Gasteiger partial charge in [-0.2, -0.15) is 13.2 Å². The van der Waals surface area contributed by atoms with Gasteiger partial charge in [-0.05, 0) is 31.5 Å². The normalized spacial score (nSPS) is 19.5. The molecule has 3 nitrogen and oxygen atoms in total. The fourth-order valence-corrected chi connectivity index (χ4v) is 2.24. The quantitative estimate of drug-likeness (QED) is 0.825. The van der Waals surface area contributed by atoms with E-state index in [0.29, 0.717) is 26.2 Å². The van der Waals surface area contributed by atoms with Gasteiger partial charge in [-0.1, -0.05) is 0 Å². The van der Waals surface area contributed by atoms with Gasteiger partial charge in [0.05, 0.1) is 0 Å². The molecular weight excluding hydrogens is 255 g/mol. The van der Waals surface area contributed by atoms with Crippen LogP contribution >= 0.6 is 0 Å². The second-order valence-electron chi connectivity index (χ2n) is 4.93. The topological polar surface area (TPSA) is 19.4 Å². The summed E-state index contributed by atoms with van der Waals surface area (Å²) in [5.74, 6) is 0.847. The lowest BCUT2D eigenvalue weighted by atomic mass is 10.2. The molecule has 1 fully saturated rings. The summed E-state index contributed by atoms with van der Waals surface area (Å²) in [4.78, 5) is 7.78. The monoisotopic (exact) mass is 273 g/mol. The molecule has 0 aromatic carbocycles. The third-order valence-electron chi connectivity index (χ3n) is 3.56. The van der Waals surface area contributed by atoms with Crippen LogP contribution in [0.1, 0.15) is 12.5 Å². The maximum atomic E-state index is 12.6. The van der Waals surface area contributed by atoms with Crippen molar-refractivity contribution < 1.29 is 13.2 Å². The van der Waals surface area contributed by atoms with E-state index in [1.54, 1.807) is 6.20 Å². The molecule has 19 heavy (non-hydrogen) atoms. The van der Waals surface area contributed by atoms with Gasteiger partial charge in [0, 0.05) is 32.4 Å². The molecule has 1 aromatic heterocycles. The van der Waals surface area contributed by atoms with Crippen molar-refractivity contribution in [1.29, 1.82) is 0 Å². The highest BCUT2D eigenvalue weighted by Gasteiger charge is 2.40. The van der Waals surface area contributed by atoms with Gasteiger partial charge in [-0.3, -0.25) is 4.90 Å². The molecule has 1 aromatic rings. The number of pyridine rings is 1. The lowest BCUT2D eigenvalue weighted by Crippen LogP contribution is -2.53. The number of hydrogen-bond acceptors (Lipinski definition) is 3. The highest BCUT2D eigenvalue weighted by molar-refractivity contribution is 5.41. The first-order valence-electron chi connectivity index (χ1n) is 6.36. The molecule has 1 unspecified atom stereocenters. The molecule has 2 heterocycles. The van der Waals surface area contributed by atoms with Crippen LogP contribution in [0.4, 0.5) is 19.0 Å². The Morgan fingerprint density at radius 3 is 2.37 bits per heavy atom. The molecule has 0 saturated carbocycles. The number of rotatable bonds is 2. The van der Waals surface area contributed by atoms with E-state index in [2.05, 4.69) is 4.98 Å². The molecule has 0 amide bonds. The molecule has 0 aliphatic carbocycles. The van der Waals surface area contributed by atoms with Gasteiger partial charge in [0.1, 0.15) is 11.9 Å². The number of aryl methyl sites for hydroxylation is 1. The first-order valence-corrected chi connectivity index (χ1v) is 6.36. The van der Waals surface area contributed by atoms with Crippen LogP contribution in [0.15, 0.2) is 18.3 Å². The Labute approximate surface area is 111 Å². The predicted molar refractivity (Wildman–Crippen MR) is 68.3 cm³/mol. The van der Waals surface area contributed by atoms with Crippen molar-refractivity contribution in [1.82, 2.24) is 9.88 Å². The van der Waals surface area contributed by atoms with Crippen LogP contribution in [0, 0.1) is 6.92 Å².